The SMILES string of the molecule is CC.COCCN1CCCNCC1. The Kier molecular flexibility index (Phi) is 9.87. The van der Waals surface area contributed by atoms with Gasteiger partial charge in [-0.05, 0) is 19.5 Å². The predicted octanol–water partition coefficient (Wildman–Crippen LogP) is 0.954. The molecule has 1 rings (SSSR count). The highest BCUT2D eigenvalue weighted by Crippen LogP contribution is 1.93. The first-order chi connectivity index (χ1) is 6.43. The van der Waals surface area contributed by atoms with Crippen LogP contribution in [0, 0.1) is 0 Å². The van der Waals surface area contributed by atoms with Crippen LogP contribution in [0.1, 0.15) is 20.3 Å². The predicted molar refractivity (Wildman–Crippen MR) is 57.2 cm³/mol. The monoisotopic (exact) mass is 188 g/mol. The van der Waals surface area contributed by atoms with Crippen LogP contribution in [0.2, 0.25) is 0 Å². The highest BCUT2D eigenvalue weighted by Gasteiger charge is 2.06. The Hall–Kier alpha value is -0.120. The van der Waals surface area contributed by atoms with Crippen LogP contribution in [-0.2, 0) is 4.74 Å². The van der Waals surface area contributed by atoms with Gasteiger partial charge in [-0.2, -0.15) is 0 Å². The van der Waals surface area contributed by atoms with Crippen molar-refractivity contribution in [1.29, 1.82) is 0 Å². The maximum Gasteiger partial charge on any atom is 0.0589 e. The molecule has 1 aliphatic heterocycles. The van der Waals surface area contributed by atoms with E-state index in [-0.39, 0.29) is 0 Å². The zero-order valence-corrected chi connectivity index (χ0v) is 9.31. The maximum atomic E-state index is 5.02. The van der Waals surface area contributed by atoms with Crippen molar-refractivity contribution in [3.8, 4) is 0 Å². The van der Waals surface area contributed by atoms with Gasteiger partial charge in [0.1, 0.15) is 0 Å². The normalized spacial score (nSPS) is 18.7. The van der Waals surface area contributed by atoms with E-state index in [1.807, 2.05) is 13.8 Å². The Labute approximate surface area is 82.4 Å². The summed E-state index contributed by atoms with van der Waals surface area (Å²) in [4.78, 5) is 2.45. The van der Waals surface area contributed by atoms with Crippen molar-refractivity contribution in [2.75, 3.05) is 46.4 Å². The van der Waals surface area contributed by atoms with Gasteiger partial charge >= 0.3 is 0 Å². The highest BCUT2D eigenvalue weighted by molar-refractivity contribution is 4.64. The van der Waals surface area contributed by atoms with E-state index in [0.29, 0.717) is 0 Å². The molecule has 0 aromatic rings. The fourth-order valence-corrected chi connectivity index (χ4v) is 1.35. The van der Waals surface area contributed by atoms with Crippen molar-refractivity contribution in [3.05, 3.63) is 0 Å². The number of ether oxygens (including phenoxy) is 1. The fraction of sp³-hybridized carbons (Fsp3) is 1.00. The average Bonchev–Trinajstić information content (AvgIpc) is 2.46. The number of rotatable bonds is 3. The van der Waals surface area contributed by atoms with Gasteiger partial charge in [-0.1, -0.05) is 13.8 Å². The molecule has 0 saturated carbocycles. The molecule has 1 heterocycles. The molecule has 0 unspecified atom stereocenters. The lowest BCUT2D eigenvalue weighted by molar-refractivity contribution is 0.152. The molecule has 0 aromatic heterocycles. The quantitative estimate of drug-likeness (QED) is 0.714. The lowest BCUT2D eigenvalue weighted by Crippen LogP contribution is -2.30. The van der Waals surface area contributed by atoms with Gasteiger partial charge in [0.15, 0.2) is 0 Å². The summed E-state index contributed by atoms with van der Waals surface area (Å²) in [5, 5.41) is 3.37. The van der Waals surface area contributed by atoms with E-state index in [1.54, 1.807) is 7.11 Å². The molecule has 0 aliphatic carbocycles. The Morgan fingerprint density at radius 3 is 2.69 bits per heavy atom. The van der Waals surface area contributed by atoms with Crippen molar-refractivity contribution in [2.45, 2.75) is 20.3 Å². The van der Waals surface area contributed by atoms with Gasteiger partial charge in [0.25, 0.3) is 0 Å². The molecule has 1 aliphatic rings. The van der Waals surface area contributed by atoms with Crippen molar-refractivity contribution >= 4 is 0 Å². The number of nitrogens with one attached hydrogen (secondary N) is 1. The Morgan fingerprint density at radius 1 is 1.23 bits per heavy atom. The lowest BCUT2D eigenvalue weighted by Gasteiger charge is -2.18. The molecule has 1 N–H and O–H groups in total. The Bertz CT molecular complexity index is 90.9. The first-order valence-electron chi connectivity index (χ1n) is 5.35. The van der Waals surface area contributed by atoms with Crippen LogP contribution in [0.3, 0.4) is 0 Å². The van der Waals surface area contributed by atoms with E-state index in [9.17, 15) is 0 Å². The zero-order valence-electron chi connectivity index (χ0n) is 9.31. The average molecular weight is 188 g/mol. The van der Waals surface area contributed by atoms with Crippen molar-refractivity contribution in [2.24, 2.45) is 0 Å². The second kappa shape index (κ2) is 9.96. The summed E-state index contributed by atoms with van der Waals surface area (Å²) >= 11 is 0. The number of nitrogens with zero attached hydrogens (tertiary/aromatic N) is 1. The molecule has 3 heteroatoms. The number of methoxy groups -OCH3 is 1. The molecule has 0 atom stereocenters. The molecular weight excluding hydrogens is 164 g/mol. The summed E-state index contributed by atoms with van der Waals surface area (Å²) in [6.07, 6.45) is 1.27. The Balaban J connectivity index is 0.000000671. The van der Waals surface area contributed by atoms with Gasteiger partial charge in [0.2, 0.25) is 0 Å². The molecule has 3 nitrogen and oxygen atoms in total. The van der Waals surface area contributed by atoms with E-state index in [2.05, 4.69) is 10.2 Å². The summed E-state index contributed by atoms with van der Waals surface area (Å²) in [6, 6.07) is 0. The van der Waals surface area contributed by atoms with E-state index in [0.717, 1.165) is 19.7 Å². The molecule has 0 radical (unpaired) electrons. The summed E-state index contributed by atoms with van der Waals surface area (Å²) in [6.45, 7) is 10.6. The van der Waals surface area contributed by atoms with Crippen molar-refractivity contribution in [1.82, 2.24) is 10.2 Å². The molecular formula is C10H24N2O. The van der Waals surface area contributed by atoms with Gasteiger partial charge < -0.3 is 10.1 Å². The van der Waals surface area contributed by atoms with Gasteiger partial charge in [0, 0.05) is 26.7 Å². The maximum absolute atomic E-state index is 5.02. The van der Waals surface area contributed by atoms with Crippen LogP contribution in [0.5, 0.6) is 0 Å². The fourth-order valence-electron chi connectivity index (χ4n) is 1.35. The largest absolute Gasteiger partial charge is 0.383 e. The molecule has 80 valence electrons. The smallest absolute Gasteiger partial charge is 0.0589 e. The Morgan fingerprint density at radius 2 is 2.00 bits per heavy atom. The van der Waals surface area contributed by atoms with Crippen molar-refractivity contribution < 1.29 is 4.74 Å². The molecule has 0 aromatic carbocycles. The van der Waals surface area contributed by atoms with Crippen LogP contribution in [0.25, 0.3) is 0 Å². The zero-order chi connectivity index (χ0) is 9.94. The summed E-state index contributed by atoms with van der Waals surface area (Å²) in [5.41, 5.74) is 0. The first-order valence-corrected chi connectivity index (χ1v) is 5.35. The molecule has 1 saturated heterocycles. The molecule has 0 amide bonds. The van der Waals surface area contributed by atoms with E-state index < -0.39 is 0 Å². The first kappa shape index (κ1) is 12.9. The number of hydrogen-bond acceptors (Lipinski definition) is 3. The van der Waals surface area contributed by atoms with Crippen LogP contribution in [0.4, 0.5) is 0 Å². The summed E-state index contributed by atoms with van der Waals surface area (Å²) < 4.78 is 5.02. The minimum atomic E-state index is 0.861. The summed E-state index contributed by atoms with van der Waals surface area (Å²) in [7, 11) is 1.76. The third kappa shape index (κ3) is 6.99. The lowest BCUT2D eigenvalue weighted by atomic mass is 10.4. The standard InChI is InChI=1S/C8H18N2O.C2H6/c1-11-8-7-10-5-2-3-9-4-6-10;1-2/h9H,2-8H2,1H3;1-2H3. The summed E-state index contributed by atoms with van der Waals surface area (Å²) in [5.74, 6) is 0. The van der Waals surface area contributed by atoms with E-state index in [4.69, 9.17) is 4.74 Å². The minimum absolute atomic E-state index is 0.861. The highest BCUT2D eigenvalue weighted by atomic mass is 16.5. The van der Waals surface area contributed by atoms with Gasteiger partial charge in [-0.3, -0.25) is 4.90 Å². The van der Waals surface area contributed by atoms with Crippen LogP contribution < -0.4 is 5.32 Å². The van der Waals surface area contributed by atoms with Gasteiger partial charge in [-0.15, -0.1) is 0 Å². The molecule has 0 bridgehead atoms. The number of hydrogen-bond donors (Lipinski definition) is 1. The van der Waals surface area contributed by atoms with Crippen molar-refractivity contribution in [3.63, 3.8) is 0 Å². The minimum Gasteiger partial charge on any atom is -0.383 e. The second-order valence-electron chi connectivity index (χ2n) is 2.94. The van der Waals surface area contributed by atoms with Crippen LogP contribution in [0.15, 0.2) is 0 Å². The van der Waals surface area contributed by atoms with Crippen LogP contribution in [-0.4, -0.2) is 51.3 Å². The molecule has 13 heavy (non-hydrogen) atoms. The van der Waals surface area contributed by atoms with Gasteiger partial charge in [0.05, 0.1) is 6.61 Å². The third-order valence-electron chi connectivity index (χ3n) is 2.04. The van der Waals surface area contributed by atoms with Crippen LogP contribution >= 0.6 is 0 Å². The molecule has 0 spiro atoms. The van der Waals surface area contributed by atoms with E-state index >= 15 is 0 Å². The van der Waals surface area contributed by atoms with E-state index in [1.165, 1.54) is 26.1 Å². The second-order valence-corrected chi connectivity index (χ2v) is 2.94. The molecule has 1 fully saturated rings. The topological polar surface area (TPSA) is 24.5 Å². The third-order valence-corrected chi connectivity index (χ3v) is 2.04. The van der Waals surface area contributed by atoms with Gasteiger partial charge in [-0.25, -0.2) is 0 Å².